The number of carboxylic acids is 1. The maximum Gasteiger partial charge on any atom is 0.304 e. The van der Waals surface area contributed by atoms with Crippen LogP contribution in [0, 0.1) is 0 Å². The van der Waals surface area contributed by atoms with Crippen molar-refractivity contribution in [1.29, 1.82) is 0 Å². The van der Waals surface area contributed by atoms with Crippen molar-refractivity contribution in [1.82, 2.24) is 0 Å². The van der Waals surface area contributed by atoms with Gasteiger partial charge < -0.3 is 5.11 Å². The van der Waals surface area contributed by atoms with E-state index in [1.165, 1.54) is 64.2 Å². The number of carbonyl (C=O) groups is 1. The molecule has 22 heavy (non-hydrogen) atoms. The Morgan fingerprint density at radius 2 is 1.14 bits per heavy atom. The van der Waals surface area contributed by atoms with Crippen LogP contribution in [0.2, 0.25) is 0 Å². The standard InChI is InChI=1S/C19H38O2S/c1-3-5-7-9-11-13-15-19(22,17-18(20)21)16-14-12-10-8-6-4-2/h22H,3-17H2,1-2H3,(H,20,21). The van der Waals surface area contributed by atoms with Crippen LogP contribution in [0.4, 0.5) is 0 Å². The number of carboxylic acid groups (broad SMARTS) is 1. The van der Waals surface area contributed by atoms with Gasteiger partial charge in [0.05, 0.1) is 6.42 Å². The Labute approximate surface area is 143 Å². The zero-order chi connectivity index (χ0) is 16.7. The molecule has 0 bridgehead atoms. The zero-order valence-corrected chi connectivity index (χ0v) is 15.8. The van der Waals surface area contributed by atoms with Gasteiger partial charge in [-0.25, -0.2) is 0 Å². The molecule has 0 aliphatic carbocycles. The Kier molecular flexibility index (Phi) is 14.3. The van der Waals surface area contributed by atoms with Gasteiger partial charge in [0, 0.05) is 4.75 Å². The van der Waals surface area contributed by atoms with Crippen LogP contribution < -0.4 is 0 Å². The predicted octanol–water partition coefficient (Wildman–Crippen LogP) is 6.63. The molecule has 0 aromatic rings. The first-order valence-electron chi connectivity index (χ1n) is 9.48. The van der Waals surface area contributed by atoms with Crippen LogP contribution in [-0.4, -0.2) is 15.8 Å². The van der Waals surface area contributed by atoms with Crippen LogP contribution in [0.3, 0.4) is 0 Å². The van der Waals surface area contributed by atoms with Gasteiger partial charge >= 0.3 is 5.97 Å². The minimum atomic E-state index is -0.702. The fourth-order valence-electron chi connectivity index (χ4n) is 3.05. The number of hydrogen-bond acceptors (Lipinski definition) is 2. The molecule has 0 amide bonds. The molecule has 0 heterocycles. The summed E-state index contributed by atoms with van der Waals surface area (Å²) in [6, 6.07) is 0. The topological polar surface area (TPSA) is 37.3 Å². The van der Waals surface area contributed by atoms with E-state index in [9.17, 15) is 4.79 Å². The van der Waals surface area contributed by atoms with Crippen molar-refractivity contribution in [2.24, 2.45) is 0 Å². The van der Waals surface area contributed by atoms with Gasteiger partial charge in [0.2, 0.25) is 0 Å². The van der Waals surface area contributed by atoms with E-state index >= 15 is 0 Å². The first-order chi connectivity index (χ1) is 10.5. The predicted molar refractivity (Wildman–Crippen MR) is 100.0 cm³/mol. The van der Waals surface area contributed by atoms with Crippen molar-refractivity contribution >= 4 is 18.6 Å². The summed E-state index contributed by atoms with van der Waals surface area (Å²) in [5.74, 6) is -0.702. The molecule has 0 saturated carbocycles. The fourth-order valence-corrected chi connectivity index (χ4v) is 3.50. The lowest BCUT2D eigenvalue weighted by molar-refractivity contribution is -0.137. The van der Waals surface area contributed by atoms with E-state index in [-0.39, 0.29) is 11.2 Å². The van der Waals surface area contributed by atoms with Crippen molar-refractivity contribution in [3.63, 3.8) is 0 Å². The third kappa shape index (κ3) is 13.5. The van der Waals surface area contributed by atoms with Crippen molar-refractivity contribution in [3.05, 3.63) is 0 Å². The molecule has 132 valence electrons. The maximum atomic E-state index is 11.1. The quantitative estimate of drug-likeness (QED) is 0.246. The molecule has 0 saturated heterocycles. The molecule has 0 atom stereocenters. The first kappa shape index (κ1) is 21.8. The third-order valence-corrected chi connectivity index (χ3v) is 5.08. The van der Waals surface area contributed by atoms with E-state index in [4.69, 9.17) is 17.7 Å². The fraction of sp³-hybridized carbons (Fsp3) is 0.947. The lowest BCUT2D eigenvalue weighted by Crippen LogP contribution is -2.25. The number of thiol groups is 1. The zero-order valence-electron chi connectivity index (χ0n) is 14.9. The molecule has 0 aromatic heterocycles. The number of hydrogen-bond donors (Lipinski definition) is 2. The summed E-state index contributed by atoms with van der Waals surface area (Å²) in [7, 11) is 0. The Balaban J connectivity index is 3.93. The highest BCUT2D eigenvalue weighted by molar-refractivity contribution is 7.81. The molecule has 2 nitrogen and oxygen atoms in total. The van der Waals surface area contributed by atoms with E-state index in [2.05, 4.69) is 13.8 Å². The SMILES string of the molecule is CCCCCCCCC(S)(CCCCCCCC)CC(=O)O. The monoisotopic (exact) mass is 330 g/mol. The van der Waals surface area contributed by atoms with Crippen molar-refractivity contribution in [2.75, 3.05) is 0 Å². The Morgan fingerprint density at radius 1 is 0.773 bits per heavy atom. The first-order valence-corrected chi connectivity index (χ1v) is 9.93. The highest BCUT2D eigenvalue weighted by atomic mass is 32.1. The van der Waals surface area contributed by atoms with E-state index in [0.29, 0.717) is 0 Å². The molecular weight excluding hydrogens is 292 g/mol. The molecule has 0 unspecified atom stereocenters. The molecular formula is C19H38O2S. The second kappa shape index (κ2) is 14.4. The summed E-state index contributed by atoms with van der Waals surface area (Å²) in [4.78, 5) is 11.1. The minimum absolute atomic E-state index is 0.208. The van der Waals surface area contributed by atoms with Crippen LogP contribution in [0.5, 0.6) is 0 Å². The molecule has 0 rings (SSSR count). The maximum absolute atomic E-state index is 11.1. The van der Waals surface area contributed by atoms with Gasteiger partial charge in [-0.1, -0.05) is 90.9 Å². The van der Waals surface area contributed by atoms with Gasteiger partial charge in [-0.15, -0.1) is 0 Å². The highest BCUT2D eigenvalue weighted by Gasteiger charge is 2.27. The molecule has 3 heteroatoms. The second-order valence-electron chi connectivity index (χ2n) is 6.83. The number of rotatable bonds is 16. The summed E-state index contributed by atoms with van der Waals surface area (Å²) >= 11 is 4.76. The number of aliphatic carboxylic acids is 1. The third-order valence-electron chi connectivity index (χ3n) is 4.47. The molecule has 0 fully saturated rings. The lowest BCUT2D eigenvalue weighted by Gasteiger charge is -2.27. The van der Waals surface area contributed by atoms with E-state index in [0.717, 1.165) is 25.7 Å². The van der Waals surface area contributed by atoms with Gasteiger partial charge in [0.15, 0.2) is 0 Å². The molecule has 1 N–H and O–H groups in total. The van der Waals surface area contributed by atoms with Gasteiger partial charge in [-0.3, -0.25) is 4.79 Å². The summed E-state index contributed by atoms with van der Waals surface area (Å²) in [5, 5.41) is 9.15. The second-order valence-corrected chi connectivity index (χ2v) is 7.78. The lowest BCUT2D eigenvalue weighted by atomic mass is 9.90. The van der Waals surface area contributed by atoms with Gasteiger partial charge in [-0.2, -0.15) is 12.6 Å². The normalized spacial score (nSPS) is 11.8. The van der Waals surface area contributed by atoms with Gasteiger partial charge in [-0.05, 0) is 12.8 Å². The van der Waals surface area contributed by atoms with Crippen LogP contribution in [0.1, 0.15) is 110 Å². The smallest absolute Gasteiger partial charge is 0.304 e. The van der Waals surface area contributed by atoms with Crippen LogP contribution >= 0.6 is 12.6 Å². The highest BCUT2D eigenvalue weighted by Crippen LogP contribution is 2.33. The van der Waals surface area contributed by atoms with Crippen LogP contribution in [-0.2, 0) is 4.79 Å². The average molecular weight is 331 g/mol. The van der Waals surface area contributed by atoms with Crippen LogP contribution in [0.25, 0.3) is 0 Å². The minimum Gasteiger partial charge on any atom is -0.481 e. The largest absolute Gasteiger partial charge is 0.481 e. The molecule has 0 radical (unpaired) electrons. The molecule has 0 aliphatic heterocycles. The summed E-state index contributed by atoms with van der Waals surface area (Å²) < 4.78 is -0.290. The van der Waals surface area contributed by atoms with Crippen molar-refractivity contribution in [2.45, 2.75) is 115 Å². The Bertz CT molecular complexity index is 250. The summed E-state index contributed by atoms with van der Waals surface area (Å²) in [6.45, 7) is 4.46. The summed E-state index contributed by atoms with van der Waals surface area (Å²) in [5.41, 5.74) is 0. The molecule has 0 aromatic carbocycles. The average Bonchev–Trinajstić information content (AvgIpc) is 2.46. The Hall–Kier alpha value is -0.180. The Morgan fingerprint density at radius 3 is 1.50 bits per heavy atom. The van der Waals surface area contributed by atoms with E-state index < -0.39 is 5.97 Å². The summed E-state index contributed by atoms with van der Waals surface area (Å²) in [6.07, 6.45) is 17.2. The van der Waals surface area contributed by atoms with E-state index in [1.807, 2.05) is 0 Å². The molecule has 0 aliphatic rings. The van der Waals surface area contributed by atoms with Gasteiger partial charge in [0.1, 0.15) is 0 Å². The van der Waals surface area contributed by atoms with Crippen molar-refractivity contribution in [3.8, 4) is 0 Å². The van der Waals surface area contributed by atoms with Crippen molar-refractivity contribution < 1.29 is 9.90 Å². The van der Waals surface area contributed by atoms with Gasteiger partial charge in [0.25, 0.3) is 0 Å². The number of unbranched alkanes of at least 4 members (excludes halogenated alkanes) is 10. The molecule has 0 spiro atoms. The van der Waals surface area contributed by atoms with Crippen LogP contribution in [0.15, 0.2) is 0 Å². The van der Waals surface area contributed by atoms with E-state index in [1.54, 1.807) is 0 Å².